The molecule has 6 heteroatoms. The zero-order chi connectivity index (χ0) is 17.7. The summed E-state index contributed by atoms with van der Waals surface area (Å²) in [7, 11) is 0. The molecule has 24 heavy (non-hydrogen) atoms. The van der Waals surface area contributed by atoms with Crippen LogP contribution in [-0.4, -0.2) is 47.8 Å². The molecule has 0 saturated carbocycles. The minimum Gasteiger partial charge on any atom is -0.483 e. The Hall–Kier alpha value is -1.75. The molecule has 5 nitrogen and oxygen atoms in total. The van der Waals surface area contributed by atoms with Crippen LogP contribution >= 0.6 is 11.6 Å². The Bertz CT molecular complexity index is 596. The molecule has 0 aromatic heterocycles. The van der Waals surface area contributed by atoms with Crippen LogP contribution in [0.4, 0.5) is 0 Å². The summed E-state index contributed by atoms with van der Waals surface area (Å²) in [6.45, 7) is 6.94. The van der Waals surface area contributed by atoms with Crippen molar-refractivity contribution in [3.05, 3.63) is 29.3 Å². The van der Waals surface area contributed by atoms with E-state index in [2.05, 4.69) is 5.32 Å². The van der Waals surface area contributed by atoms with E-state index in [4.69, 9.17) is 16.3 Å². The van der Waals surface area contributed by atoms with E-state index in [9.17, 15) is 9.59 Å². The number of rotatable bonds is 5. The van der Waals surface area contributed by atoms with Crippen molar-refractivity contribution in [1.82, 2.24) is 10.2 Å². The number of alkyl halides is 1. The van der Waals surface area contributed by atoms with E-state index in [1.807, 2.05) is 32.0 Å². The van der Waals surface area contributed by atoms with Gasteiger partial charge in [0, 0.05) is 19.1 Å². The van der Waals surface area contributed by atoms with Crippen LogP contribution in [0.2, 0.25) is 0 Å². The first-order chi connectivity index (χ1) is 11.4. The van der Waals surface area contributed by atoms with Gasteiger partial charge in [0.1, 0.15) is 11.1 Å². The highest BCUT2D eigenvalue weighted by Gasteiger charge is 2.25. The second kappa shape index (κ2) is 8.38. The van der Waals surface area contributed by atoms with Crippen LogP contribution < -0.4 is 10.1 Å². The Morgan fingerprint density at radius 2 is 2.00 bits per heavy atom. The Morgan fingerprint density at radius 1 is 1.33 bits per heavy atom. The first-order valence-electron chi connectivity index (χ1n) is 8.29. The number of amides is 2. The van der Waals surface area contributed by atoms with E-state index in [1.54, 1.807) is 11.8 Å². The predicted molar refractivity (Wildman–Crippen MR) is 94.5 cm³/mol. The van der Waals surface area contributed by atoms with Crippen LogP contribution in [0.25, 0.3) is 0 Å². The number of carbonyl (C=O) groups excluding carboxylic acids is 2. The lowest BCUT2D eigenvalue weighted by Gasteiger charge is -2.32. The normalized spacial score (nSPS) is 16.6. The van der Waals surface area contributed by atoms with E-state index < -0.39 is 5.38 Å². The van der Waals surface area contributed by atoms with Gasteiger partial charge in [0.25, 0.3) is 5.91 Å². The molecule has 0 bridgehead atoms. The molecule has 132 valence electrons. The van der Waals surface area contributed by atoms with Gasteiger partial charge in [-0.1, -0.05) is 12.1 Å². The van der Waals surface area contributed by atoms with Crippen LogP contribution in [-0.2, 0) is 9.59 Å². The molecule has 1 N–H and O–H groups in total. The highest BCUT2D eigenvalue weighted by molar-refractivity contribution is 6.30. The van der Waals surface area contributed by atoms with Gasteiger partial charge in [-0.15, -0.1) is 11.6 Å². The number of hydrogen-bond acceptors (Lipinski definition) is 3. The molecule has 1 saturated heterocycles. The molecule has 1 unspecified atom stereocenters. The van der Waals surface area contributed by atoms with Crippen LogP contribution in [0.5, 0.6) is 5.75 Å². The average molecular weight is 353 g/mol. The maximum Gasteiger partial charge on any atom is 0.260 e. The Balaban J connectivity index is 1.79. The van der Waals surface area contributed by atoms with Crippen LogP contribution in [0.15, 0.2) is 18.2 Å². The Labute approximate surface area is 148 Å². The van der Waals surface area contributed by atoms with Crippen LogP contribution in [0.1, 0.15) is 30.9 Å². The molecule has 0 radical (unpaired) electrons. The number of nitrogens with zero attached hydrogens (tertiary/aromatic N) is 1. The molecule has 2 rings (SSSR count). The number of ether oxygens (including phenoxy) is 1. The Morgan fingerprint density at radius 3 is 2.62 bits per heavy atom. The molecule has 0 aliphatic carbocycles. The van der Waals surface area contributed by atoms with Crippen molar-refractivity contribution >= 4 is 23.4 Å². The zero-order valence-electron chi connectivity index (χ0n) is 14.5. The third kappa shape index (κ3) is 4.87. The highest BCUT2D eigenvalue weighted by Crippen LogP contribution is 2.20. The van der Waals surface area contributed by atoms with Crippen molar-refractivity contribution < 1.29 is 14.3 Å². The van der Waals surface area contributed by atoms with Crippen molar-refractivity contribution in [2.24, 2.45) is 0 Å². The molecule has 1 atom stereocenters. The minimum atomic E-state index is -0.532. The number of aryl methyl sites for hydroxylation is 1. The molecule has 1 fully saturated rings. The van der Waals surface area contributed by atoms with Gasteiger partial charge in [-0.3, -0.25) is 9.59 Å². The number of benzene rings is 1. The molecular formula is C18H25ClN2O3. The Kier molecular flexibility index (Phi) is 6.49. The molecule has 2 amide bonds. The van der Waals surface area contributed by atoms with E-state index in [0.29, 0.717) is 13.1 Å². The van der Waals surface area contributed by atoms with Gasteiger partial charge >= 0.3 is 0 Å². The van der Waals surface area contributed by atoms with Crippen molar-refractivity contribution in [2.75, 3.05) is 19.7 Å². The maximum absolute atomic E-state index is 12.3. The van der Waals surface area contributed by atoms with Gasteiger partial charge in [0.05, 0.1) is 0 Å². The molecule has 0 spiro atoms. The number of likely N-dealkylation sites (tertiary alicyclic amines) is 1. The number of carbonyl (C=O) groups is 2. The van der Waals surface area contributed by atoms with Gasteiger partial charge in [-0.25, -0.2) is 0 Å². The maximum atomic E-state index is 12.3. The number of halogens is 1. The lowest BCUT2D eigenvalue weighted by molar-refractivity contribution is -0.134. The molecule has 1 heterocycles. The number of piperidine rings is 1. The van der Waals surface area contributed by atoms with Gasteiger partial charge < -0.3 is 15.0 Å². The van der Waals surface area contributed by atoms with E-state index in [-0.39, 0.29) is 24.5 Å². The van der Waals surface area contributed by atoms with Gasteiger partial charge in [-0.2, -0.15) is 0 Å². The highest BCUT2D eigenvalue weighted by atomic mass is 35.5. The average Bonchev–Trinajstić information content (AvgIpc) is 2.56. The fraction of sp³-hybridized carbons (Fsp3) is 0.556. The summed E-state index contributed by atoms with van der Waals surface area (Å²) in [4.78, 5) is 25.7. The summed E-state index contributed by atoms with van der Waals surface area (Å²) in [6, 6.07) is 5.91. The second-order valence-corrected chi connectivity index (χ2v) is 6.92. The smallest absolute Gasteiger partial charge is 0.260 e. The van der Waals surface area contributed by atoms with Crippen molar-refractivity contribution in [2.45, 2.75) is 45.0 Å². The van der Waals surface area contributed by atoms with Gasteiger partial charge in [-0.05, 0) is 50.8 Å². The molecule has 1 aromatic rings. The molecule has 1 aliphatic rings. The lowest BCUT2D eigenvalue weighted by atomic mass is 10.0. The topological polar surface area (TPSA) is 58.6 Å². The standard InChI is InChI=1S/C18H25ClN2O3/c1-12-5-4-6-16(13(12)2)24-11-17(22)21-9-7-15(8-10-21)20-18(23)14(3)19/h4-6,14-15H,7-11H2,1-3H3,(H,20,23). The van der Waals surface area contributed by atoms with Crippen molar-refractivity contribution in [3.63, 3.8) is 0 Å². The lowest BCUT2D eigenvalue weighted by Crippen LogP contribution is -2.48. The fourth-order valence-corrected chi connectivity index (χ4v) is 2.76. The summed E-state index contributed by atoms with van der Waals surface area (Å²) in [5.74, 6) is 0.577. The van der Waals surface area contributed by atoms with Crippen molar-refractivity contribution in [3.8, 4) is 5.75 Å². The van der Waals surface area contributed by atoms with E-state index >= 15 is 0 Å². The predicted octanol–water partition coefficient (Wildman–Crippen LogP) is 2.42. The zero-order valence-corrected chi connectivity index (χ0v) is 15.2. The van der Waals surface area contributed by atoms with Gasteiger partial charge in [0.2, 0.25) is 5.91 Å². The summed E-state index contributed by atoms with van der Waals surface area (Å²) in [5.41, 5.74) is 2.20. The first kappa shape index (κ1) is 18.6. The third-order valence-electron chi connectivity index (χ3n) is 4.46. The summed E-state index contributed by atoms with van der Waals surface area (Å²) in [5, 5.41) is 2.38. The molecule has 1 aromatic carbocycles. The minimum absolute atomic E-state index is 0.0219. The number of nitrogens with one attached hydrogen (secondary N) is 1. The third-order valence-corrected chi connectivity index (χ3v) is 4.66. The summed E-state index contributed by atoms with van der Waals surface area (Å²) >= 11 is 5.76. The van der Waals surface area contributed by atoms with Crippen LogP contribution in [0, 0.1) is 13.8 Å². The quantitative estimate of drug-likeness (QED) is 0.828. The van der Waals surface area contributed by atoms with Crippen molar-refractivity contribution in [1.29, 1.82) is 0 Å². The molecule has 1 aliphatic heterocycles. The fourth-order valence-electron chi connectivity index (χ4n) is 2.70. The van der Waals surface area contributed by atoms with Crippen LogP contribution in [0.3, 0.4) is 0 Å². The SMILES string of the molecule is Cc1cccc(OCC(=O)N2CCC(NC(=O)C(C)Cl)CC2)c1C. The van der Waals surface area contributed by atoms with Gasteiger partial charge in [0.15, 0.2) is 6.61 Å². The second-order valence-electron chi connectivity index (χ2n) is 6.27. The summed E-state index contributed by atoms with van der Waals surface area (Å²) in [6.07, 6.45) is 1.48. The summed E-state index contributed by atoms with van der Waals surface area (Å²) < 4.78 is 5.68. The monoisotopic (exact) mass is 352 g/mol. The van der Waals surface area contributed by atoms with E-state index in [1.165, 1.54) is 0 Å². The number of hydrogen-bond donors (Lipinski definition) is 1. The molecular weight excluding hydrogens is 328 g/mol. The van der Waals surface area contributed by atoms with E-state index in [0.717, 1.165) is 29.7 Å². The largest absolute Gasteiger partial charge is 0.483 e. The first-order valence-corrected chi connectivity index (χ1v) is 8.73.